The molecule has 0 spiro atoms. The van der Waals surface area contributed by atoms with Crippen LogP contribution in [0.3, 0.4) is 0 Å². The van der Waals surface area contributed by atoms with E-state index in [9.17, 15) is 4.39 Å². The van der Waals surface area contributed by atoms with Crippen molar-refractivity contribution in [1.82, 2.24) is 10.3 Å². The highest BCUT2D eigenvalue weighted by Gasteiger charge is 2.32. The molecule has 1 unspecified atom stereocenters. The summed E-state index contributed by atoms with van der Waals surface area (Å²) < 4.78 is 14.3. The first-order valence-corrected chi connectivity index (χ1v) is 6.05. The second kappa shape index (κ2) is 4.91. The highest BCUT2D eigenvalue weighted by molar-refractivity contribution is 5.15. The maximum Gasteiger partial charge on any atom is 0.129 e. The summed E-state index contributed by atoms with van der Waals surface area (Å²) >= 11 is 0. The number of halogens is 1. The molecular formula is C13H19FN2. The Morgan fingerprint density at radius 1 is 1.50 bits per heavy atom. The number of nitrogens with one attached hydrogen (secondary N) is 1. The molecule has 1 aliphatic rings. The fraction of sp³-hybridized carbons (Fsp3) is 0.615. The smallest absolute Gasteiger partial charge is 0.129 e. The van der Waals surface area contributed by atoms with Crippen LogP contribution in [-0.2, 0) is 12.8 Å². The van der Waals surface area contributed by atoms with Gasteiger partial charge in [-0.15, -0.1) is 0 Å². The first kappa shape index (κ1) is 11.5. The largest absolute Gasteiger partial charge is 0.314 e. The molecule has 2 nitrogen and oxygen atoms in total. The summed E-state index contributed by atoms with van der Waals surface area (Å²) in [7, 11) is 0. The number of hydrogen-bond acceptors (Lipinski definition) is 2. The van der Waals surface area contributed by atoms with Crippen LogP contribution in [-0.4, -0.2) is 23.7 Å². The number of rotatable bonds is 3. The van der Waals surface area contributed by atoms with Crippen molar-refractivity contribution >= 4 is 0 Å². The minimum Gasteiger partial charge on any atom is -0.314 e. The van der Waals surface area contributed by atoms with Crippen molar-refractivity contribution in [3.05, 3.63) is 29.6 Å². The zero-order chi connectivity index (χ0) is 11.4. The third kappa shape index (κ3) is 2.79. The Balaban J connectivity index is 2.01. The van der Waals surface area contributed by atoms with Crippen LogP contribution < -0.4 is 5.32 Å². The van der Waals surface area contributed by atoms with Crippen LogP contribution in [0.1, 0.15) is 31.0 Å². The predicted octanol–water partition coefficient (Wildman–Crippen LogP) is 2.28. The highest BCUT2D eigenvalue weighted by Crippen LogP contribution is 2.24. The van der Waals surface area contributed by atoms with Gasteiger partial charge in [-0.05, 0) is 37.4 Å². The molecule has 0 aromatic carbocycles. The molecular weight excluding hydrogens is 203 g/mol. The number of aromatic nitrogens is 1. The summed E-state index contributed by atoms with van der Waals surface area (Å²) in [5, 5.41) is 3.12. The van der Waals surface area contributed by atoms with E-state index >= 15 is 0 Å². The van der Waals surface area contributed by atoms with Gasteiger partial charge in [-0.3, -0.25) is 4.98 Å². The summed E-state index contributed by atoms with van der Waals surface area (Å²) in [6.45, 7) is 3.50. The highest BCUT2D eigenvalue weighted by atomic mass is 19.1. The molecule has 1 N–H and O–H groups in total. The average molecular weight is 222 g/mol. The Morgan fingerprint density at radius 3 is 2.94 bits per heavy atom. The van der Waals surface area contributed by atoms with Crippen molar-refractivity contribution in [2.24, 2.45) is 0 Å². The Morgan fingerprint density at radius 2 is 2.38 bits per heavy atom. The summed E-state index contributed by atoms with van der Waals surface area (Å²) in [6.07, 6.45) is 4.84. The van der Waals surface area contributed by atoms with Gasteiger partial charge in [-0.25, -0.2) is 4.39 Å². The monoisotopic (exact) mass is 222 g/mol. The zero-order valence-electron chi connectivity index (χ0n) is 9.80. The number of hydrogen-bond donors (Lipinski definition) is 1. The Hall–Kier alpha value is -0.960. The van der Waals surface area contributed by atoms with Crippen molar-refractivity contribution in [3.63, 3.8) is 0 Å². The van der Waals surface area contributed by atoms with Gasteiger partial charge in [0.25, 0.3) is 0 Å². The third-order valence-corrected chi connectivity index (χ3v) is 3.21. The minimum absolute atomic E-state index is 0.435. The van der Waals surface area contributed by atoms with E-state index in [1.807, 2.05) is 18.3 Å². The SMILES string of the molecule is CCc1ccc(CC2(F)CCCNC2)nc1. The molecule has 88 valence electrons. The van der Waals surface area contributed by atoms with E-state index in [-0.39, 0.29) is 0 Å². The van der Waals surface area contributed by atoms with E-state index in [1.54, 1.807) is 0 Å². The van der Waals surface area contributed by atoms with Crippen LogP contribution in [0.25, 0.3) is 0 Å². The molecule has 0 radical (unpaired) electrons. The van der Waals surface area contributed by atoms with E-state index < -0.39 is 5.67 Å². The molecule has 1 aromatic rings. The van der Waals surface area contributed by atoms with Gasteiger partial charge in [-0.2, -0.15) is 0 Å². The first-order chi connectivity index (χ1) is 7.72. The van der Waals surface area contributed by atoms with Gasteiger partial charge in [0.05, 0.1) is 0 Å². The number of alkyl halides is 1. The molecule has 16 heavy (non-hydrogen) atoms. The van der Waals surface area contributed by atoms with Crippen molar-refractivity contribution in [2.75, 3.05) is 13.1 Å². The summed E-state index contributed by atoms with van der Waals surface area (Å²) in [5.74, 6) is 0. The number of piperidine rings is 1. The van der Waals surface area contributed by atoms with Crippen molar-refractivity contribution in [3.8, 4) is 0 Å². The zero-order valence-corrected chi connectivity index (χ0v) is 9.80. The molecule has 0 saturated carbocycles. The molecule has 2 heterocycles. The maximum absolute atomic E-state index is 14.3. The van der Waals surface area contributed by atoms with Crippen LogP contribution in [0.15, 0.2) is 18.3 Å². The fourth-order valence-corrected chi connectivity index (χ4v) is 2.18. The standard InChI is InChI=1S/C13H19FN2/c1-2-11-4-5-12(16-9-11)8-13(14)6-3-7-15-10-13/h4-5,9,15H,2-3,6-8,10H2,1H3. The van der Waals surface area contributed by atoms with Crippen LogP contribution in [0.4, 0.5) is 4.39 Å². The summed E-state index contributed by atoms with van der Waals surface area (Å²) in [6, 6.07) is 4.00. The van der Waals surface area contributed by atoms with Gasteiger partial charge in [-0.1, -0.05) is 13.0 Å². The van der Waals surface area contributed by atoms with Crippen LogP contribution >= 0.6 is 0 Å². The molecule has 3 heteroatoms. The molecule has 2 rings (SSSR count). The van der Waals surface area contributed by atoms with Crippen molar-refractivity contribution < 1.29 is 4.39 Å². The molecule has 1 fully saturated rings. The average Bonchev–Trinajstić information content (AvgIpc) is 2.30. The second-order valence-electron chi connectivity index (χ2n) is 4.62. The van der Waals surface area contributed by atoms with E-state index in [0.717, 1.165) is 25.1 Å². The van der Waals surface area contributed by atoms with E-state index in [2.05, 4.69) is 17.2 Å². The fourth-order valence-electron chi connectivity index (χ4n) is 2.18. The third-order valence-electron chi connectivity index (χ3n) is 3.21. The van der Waals surface area contributed by atoms with Gasteiger partial charge in [0, 0.05) is 24.9 Å². The molecule has 0 amide bonds. The van der Waals surface area contributed by atoms with Gasteiger partial charge in [0.2, 0.25) is 0 Å². The lowest BCUT2D eigenvalue weighted by Crippen LogP contribution is -2.43. The van der Waals surface area contributed by atoms with Crippen molar-refractivity contribution in [2.45, 2.75) is 38.3 Å². The predicted molar refractivity (Wildman–Crippen MR) is 63.3 cm³/mol. The molecule has 1 aromatic heterocycles. The van der Waals surface area contributed by atoms with E-state index in [1.165, 1.54) is 5.56 Å². The molecule has 0 bridgehead atoms. The molecule has 1 saturated heterocycles. The van der Waals surface area contributed by atoms with Gasteiger partial charge < -0.3 is 5.32 Å². The van der Waals surface area contributed by atoms with Gasteiger partial charge >= 0.3 is 0 Å². The second-order valence-corrected chi connectivity index (χ2v) is 4.62. The maximum atomic E-state index is 14.3. The molecule has 1 atom stereocenters. The molecule has 1 aliphatic heterocycles. The normalized spacial score (nSPS) is 25.6. The van der Waals surface area contributed by atoms with E-state index in [4.69, 9.17) is 0 Å². The minimum atomic E-state index is -1.10. The van der Waals surface area contributed by atoms with Crippen LogP contribution in [0.2, 0.25) is 0 Å². The number of nitrogens with zero attached hydrogens (tertiary/aromatic N) is 1. The van der Waals surface area contributed by atoms with E-state index in [0.29, 0.717) is 19.4 Å². The summed E-state index contributed by atoms with van der Waals surface area (Å²) in [5.41, 5.74) is 0.973. The summed E-state index contributed by atoms with van der Waals surface area (Å²) in [4.78, 5) is 4.32. The van der Waals surface area contributed by atoms with Crippen LogP contribution in [0, 0.1) is 0 Å². The first-order valence-electron chi connectivity index (χ1n) is 6.05. The van der Waals surface area contributed by atoms with Crippen LogP contribution in [0.5, 0.6) is 0 Å². The molecule has 0 aliphatic carbocycles. The van der Waals surface area contributed by atoms with Gasteiger partial charge in [0.15, 0.2) is 0 Å². The number of aryl methyl sites for hydroxylation is 1. The Kier molecular flexibility index (Phi) is 3.54. The Bertz CT molecular complexity index is 328. The Labute approximate surface area is 96.3 Å². The van der Waals surface area contributed by atoms with Crippen molar-refractivity contribution in [1.29, 1.82) is 0 Å². The van der Waals surface area contributed by atoms with Gasteiger partial charge in [0.1, 0.15) is 5.67 Å². The quantitative estimate of drug-likeness (QED) is 0.848. The lowest BCUT2D eigenvalue weighted by molar-refractivity contribution is 0.121. The number of pyridine rings is 1. The lowest BCUT2D eigenvalue weighted by Gasteiger charge is -2.29. The topological polar surface area (TPSA) is 24.9 Å². The lowest BCUT2D eigenvalue weighted by atomic mass is 9.91.